The molecule has 0 N–H and O–H groups in total. The normalized spacial score (nSPS) is 14.7. The molecule has 2 nitrogen and oxygen atoms in total. The first-order chi connectivity index (χ1) is 4.47. The van der Waals surface area contributed by atoms with Gasteiger partial charge in [0, 0.05) is 6.07 Å². The van der Waals surface area contributed by atoms with Crippen LogP contribution in [-0.4, -0.2) is 6.61 Å². The van der Waals surface area contributed by atoms with Gasteiger partial charge in [0.15, 0.2) is 11.5 Å². The molecule has 0 radical (unpaired) electrons. The minimum Gasteiger partial charge on any atom is -0.485 e. The van der Waals surface area contributed by atoms with Crippen molar-refractivity contribution >= 4 is 6.08 Å². The van der Waals surface area contributed by atoms with E-state index in [0.29, 0.717) is 6.61 Å². The number of rotatable bonds is 0. The zero-order chi connectivity index (χ0) is 6.10. The Morgan fingerprint density at radius 2 is 2.44 bits per heavy atom. The highest BCUT2D eigenvalue weighted by atomic mass is 16.5. The number of fused-ring (bicyclic) bond motifs is 1. The Balaban J connectivity index is 2.53. The van der Waals surface area contributed by atoms with Crippen molar-refractivity contribution < 1.29 is 9.15 Å². The summed E-state index contributed by atoms with van der Waals surface area (Å²) in [6, 6.07) is 1.82. The van der Waals surface area contributed by atoms with E-state index in [1.54, 1.807) is 6.26 Å². The fourth-order valence-corrected chi connectivity index (χ4v) is 0.843. The van der Waals surface area contributed by atoms with Gasteiger partial charge < -0.3 is 9.15 Å². The van der Waals surface area contributed by atoms with Gasteiger partial charge in [-0.1, -0.05) is 0 Å². The Morgan fingerprint density at radius 1 is 1.44 bits per heavy atom. The molecule has 2 heteroatoms. The van der Waals surface area contributed by atoms with Gasteiger partial charge in [-0.15, -0.1) is 0 Å². The molecule has 9 heavy (non-hydrogen) atoms. The molecule has 0 saturated carbocycles. The van der Waals surface area contributed by atoms with Crippen LogP contribution < -0.4 is 4.74 Å². The molecule has 1 aliphatic rings. The maximum atomic E-state index is 5.18. The lowest BCUT2D eigenvalue weighted by Crippen LogP contribution is -1.96. The van der Waals surface area contributed by atoms with Gasteiger partial charge >= 0.3 is 0 Å². The van der Waals surface area contributed by atoms with Gasteiger partial charge in [-0.05, 0) is 12.2 Å². The van der Waals surface area contributed by atoms with Crippen molar-refractivity contribution in [1.29, 1.82) is 0 Å². The number of hydrogen-bond acceptors (Lipinski definition) is 2. The van der Waals surface area contributed by atoms with Crippen LogP contribution in [-0.2, 0) is 0 Å². The lowest BCUT2D eigenvalue weighted by atomic mass is 10.3. The first-order valence-corrected chi connectivity index (χ1v) is 2.83. The molecular weight excluding hydrogens is 116 g/mol. The molecular formula is C7H6O2. The molecule has 0 bridgehead atoms. The van der Waals surface area contributed by atoms with Crippen LogP contribution in [0.3, 0.4) is 0 Å². The zero-order valence-corrected chi connectivity index (χ0v) is 4.83. The summed E-state index contributed by atoms with van der Waals surface area (Å²) in [6.07, 6.45) is 5.46. The summed E-state index contributed by atoms with van der Waals surface area (Å²) in [4.78, 5) is 0. The van der Waals surface area contributed by atoms with Crippen LogP contribution >= 0.6 is 0 Å². The van der Waals surface area contributed by atoms with Crippen LogP contribution in [0.25, 0.3) is 6.08 Å². The van der Waals surface area contributed by atoms with Gasteiger partial charge in [-0.2, -0.15) is 0 Å². The third-order valence-corrected chi connectivity index (χ3v) is 1.26. The highest BCUT2D eigenvalue weighted by Gasteiger charge is 2.05. The van der Waals surface area contributed by atoms with Crippen LogP contribution in [0, 0.1) is 0 Å². The molecule has 1 aromatic heterocycles. The highest BCUT2D eigenvalue weighted by molar-refractivity contribution is 5.53. The summed E-state index contributed by atoms with van der Waals surface area (Å²) < 4.78 is 10.2. The van der Waals surface area contributed by atoms with E-state index in [2.05, 4.69) is 0 Å². The van der Waals surface area contributed by atoms with Crippen molar-refractivity contribution in [3.8, 4) is 5.75 Å². The largest absolute Gasteiger partial charge is 0.485 e. The maximum absolute atomic E-state index is 5.18. The highest BCUT2D eigenvalue weighted by Crippen LogP contribution is 2.23. The SMILES string of the molecule is C1=Cc2occc2OC1. The summed E-state index contributed by atoms with van der Waals surface area (Å²) in [7, 11) is 0. The average Bonchev–Trinajstić information content (AvgIpc) is 2.33. The maximum Gasteiger partial charge on any atom is 0.168 e. The number of hydrogen-bond donors (Lipinski definition) is 0. The van der Waals surface area contributed by atoms with E-state index >= 15 is 0 Å². The van der Waals surface area contributed by atoms with Gasteiger partial charge in [-0.3, -0.25) is 0 Å². The van der Waals surface area contributed by atoms with E-state index in [1.165, 1.54) is 0 Å². The van der Waals surface area contributed by atoms with Crippen LogP contribution in [0.1, 0.15) is 5.76 Å². The topological polar surface area (TPSA) is 22.4 Å². The fourth-order valence-electron chi connectivity index (χ4n) is 0.843. The molecule has 2 rings (SSSR count). The predicted octanol–water partition coefficient (Wildman–Crippen LogP) is 1.69. The molecule has 0 spiro atoms. The lowest BCUT2D eigenvalue weighted by molar-refractivity contribution is 0.350. The minimum atomic E-state index is 0.659. The summed E-state index contributed by atoms with van der Waals surface area (Å²) in [6.45, 7) is 0.659. The smallest absolute Gasteiger partial charge is 0.168 e. The third kappa shape index (κ3) is 0.633. The van der Waals surface area contributed by atoms with Crippen LogP contribution in [0.2, 0.25) is 0 Å². The monoisotopic (exact) mass is 122 g/mol. The van der Waals surface area contributed by atoms with E-state index < -0.39 is 0 Å². The number of ether oxygens (including phenoxy) is 1. The average molecular weight is 122 g/mol. The predicted molar refractivity (Wildman–Crippen MR) is 33.2 cm³/mol. The second-order valence-corrected chi connectivity index (χ2v) is 1.86. The second-order valence-electron chi connectivity index (χ2n) is 1.86. The molecule has 0 unspecified atom stereocenters. The summed E-state index contributed by atoms with van der Waals surface area (Å²) in [5, 5.41) is 0. The molecule has 0 atom stereocenters. The molecule has 46 valence electrons. The summed E-state index contributed by atoms with van der Waals surface area (Å²) >= 11 is 0. The Kier molecular flexibility index (Phi) is 0.859. The molecule has 0 aliphatic carbocycles. The van der Waals surface area contributed by atoms with Gasteiger partial charge in [0.05, 0.1) is 6.26 Å². The molecule has 0 fully saturated rings. The first kappa shape index (κ1) is 4.68. The Labute approximate surface area is 52.7 Å². The molecule has 1 aliphatic heterocycles. The van der Waals surface area contributed by atoms with Crippen LogP contribution in [0.5, 0.6) is 5.75 Å². The van der Waals surface area contributed by atoms with Gasteiger partial charge in [0.2, 0.25) is 0 Å². The van der Waals surface area contributed by atoms with Crippen molar-refractivity contribution in [1.82, 2.24) is 0 Å². The van der Waals surface area contributed by atoms with Crippen molar-refractivity contribution in [2.24, 2.45) is 0 Å². The van der Waals surface area contributed by atoms with Crippen molar-refractivity contribution in [3.05, 3.63) is 24.2 Å². The molecule has 0 aromatic carbocycles. The number of furan rings is 1. The van der Waals surface area contributed by atoms with Crippen molar-refractivity contribution in [3.63, 3.8) is 0 Å². The minimum absolute atomic E-state index is 0.659. The Hall–Kier alpha value is -1.18. The van der Waals surface area contributed by atoms with Crippen LogP contribution in [0.15, 0.2) is 22.8 Å². The summed E-state index contributed by atoms with van der Waals surface area (Å²) in [5.41, 5.74) is 0. The van der Waals surface area contributed by atoms with Crippen LogP contribution in [0.4, 0.5) is 0 Å². The Bertz CT molecular complexity index is 235. The van der Waals surface area contributed by atoms with E-state index in [1.807, 2.05) is 18.2 Å². The summed E-state index contributed by atoms with van der Waals surface area (Å²) in [5.74, 6) is 1.67. The standard InChI is InChI=1S/C7H6O2/c1-2-6-7(8-4-1)3-5-9-6/h1-3,5H,4H2. The molecule has 0 amide bonds. The van der Waals surface area contributed by atoms with Gasteiger partial charge in [0.1, 0.15) is 6.61 Å². The van der Waals surface area contributed by atoms with E-state index in [4.69, 9.17) is 9.15 Å². The quantitative estimate of drug-likeness (QED) is 0.522. The van der Waals surface area contributed by atoms with Gasteiger partial charge in [0.25, 0.3) is 0 Å². The van der Waals surface area contributed by atoms with E-state index in [0.717, 1.165) is 11.5 Å². The molecule has 2 heterocycles. The van der Waals surface area contributed by atoms with Crippen molar-refractivity contribution in [2.75, 3.05) is 6.61 Å². The van der Waals surface area contributed by atoms with E-state index in [9.17, 15) is 0 Å². The molecule has 0 saturated heterocycles. The first-order valence-electron chi connectivity index (χ1n) is 2.83. The third-order valence-electron chi connectivity index (χ3n) is 1.26. The Morgan fingerprint density at radius 3 is 3.33 bits per heavy atom. The molecule has 1 aromatic rings. The lowest BCUT2D eigenvalue weighted by Gasteiger charge is -2.03. The zero-order valence-electron chi connectivity index (χ0n) is 4.83. The van der Waals surface area contributed by atoms with Crippen molar-refractivity contribution in [2.45, 2.75) is 0 Å². The van der Waals surface area contributed by atoms with Gasteiger partial charge in [-0.25, -0.2) is 0 Å². The fraction of sp³-hybridized carbons (Fsp3) is 0.143. The van der Waals surface area contributed by atoms with E-state index in [-0.39, 0.29) is 0 Å². The second kappa shape index (κ2) is 1.65.